The second-order valence-corrected chi connectivity index (χ2v) is 15.5. The van der Waals surface area contributed by atoms with Crippen molar-refractivity contribution in [3.05, 3.63) is 29.3 Å². The van der Waals surface area contributed by atoms with E-state index in [-0.39, 0.29) is 31.0 Å². The van der Waals surface area contributed by atoms with Gasteiger partial charge in [-0.15, -0.1) is 0 Å². The molecule has 0 aromatic heterocycles. The lowest BCUT2D eigenvalue weighted by molar-refractivity contribution is -0.247. The van der Waals surface area contributed by atoms with E-state index in [9.17, 15) is 87.5 Å². The summed E-state index contributed by atoms with van der Waals surface area (Å²) in [7, 11) is -22.4. The van der Waals surface area contributed by atoms with Crippen molar-refractivity contribution in [2.75, 3.05) is 0 Å². The van der Waals surface area contributed by atoms with Gasteiger partial charge in [-0.05, 0) is 50.8 Å². The molecule has 0 saturated heterocycles. The molecular formula is C20H17F12NO12S4. The number of alkyl halides is 12. The van der Waals surface area contributed by atoms with Crippen LogP contribution in [0.1, 0.15) is 53.3 Å². The highest BCUT2D eigenvalue weighted by Crippen LogP contribution is 2.53. The SMILES string of the molecule is CC1(OC(=O)c2cc(OS(=O)(=O)C(F)(F)C(F)(F)C(F)(F)S(=O)(=O)O)cc(C(=O)NSC(F)(F)C(F)(F)C(F)(F)S(=O)(=O)O)c2)CCCC1. The number of esters is 1. The summed E-state index contributed by atoms with van der Waals surface area (Å²) >= 11 is -1.99. The summed E-state index contributed by atoms with van der Waals surface area (Å²) in [4.78, 5) is 25.2. The first-order valence-corrected chi connectivity index (χ1v) is 17.1. The Balaban J connectivity index is 2.61. The Kier molecular flexibility index (Phi) is 11.1. The third-order valence-electron chi connectivity index (χ3n) is 6.31. The number of amides is 1. The van der Waals surface area contributed by atoms with Crippen molar-refractivity contribution in [1.29, 1.82) is 0 Å². The van der Waals surface area contributed by atoms with Gasteiger partial charge in [-0.25, -0.2) is 4.79 Å². The standard InChI is InChI=1S/C20H17F12NO12S4/c1-14(4-2-3-5-14)44-13(35)10-6-9(12(34)33-46-17(25,26)15(21,22)18(27,28)47(36,37)38)7-11(8-10)45-49(42,43)20(31,32)16(23,24)19(29,30)48(39,40)41/h6-8H,2-5H2,1H3,(H,33,34)(H,36,37,38)(H,39,40,41). The van der Waals surface area contributed by atoms with Gasteiger partial charge >= 0.3 is 69.2 Å². The highest BCUT2D eigenvalue weighted by Gasteiger charge is 2.83. The number of nitrogens with one attached hydrogen (secondary N) is 1. The summed E-state index contributed by atoms with van der Waals surface area (Å²) in [5.41, 5.74) is -4.08. The number of carbonyl (C=O) groups excluding carboxylic acids is 2. The quantitative estimate of drug-likeness (QED) is 0.0768. The van der Waals surface area contributed by atoms with Crippen LogP contribution in [0.2, 0.25) is 0 Å². The molecule has 1 aromatic rings. The molecule has 0 heterocycles. The van der Waals surface area contributed by atoms with Crippen molar-refractivity contribution >= 4 is 54.2 Å². The monoisotopic (exact) mass is 819 g/mol. The molecule has 13 nitrogen and oxygen atoms in total. The highest BCUT2D eigenvalue weighted by atomic mass is 32.2. The van der Waals surface area contributed by atoms with Gasteiger partial charge in [-0.2, -0.15) is 77.9 Å². The van der Waals surface area contributed by atoms with Gasteiger partial charge in [-0.1, -0.05) is 0 Å². The van der Waals surface area contributed by atoms with Crippen LogP contribution in [-0.4, -0.2) is 84.7 Å². The van der Waals surface area contributed by atoms with Crippen LogP contribution in [0.3, 0.4) is 0 Å². The predicted molar refractivity (Wildman–Crippen MR) is 136 cm³/mol. The fourth-order valence-corrected chi connectivity index (χ4v) is 6.16. The van der Waals surface area contributed by atoms with Crippen molar-refractivity contribution in [2.45, 2.75) is 71.1 Å². The average molecular weight is 820 g/mol. The molecule has 1 aromatic carbocycles. The Morgan fingerprint density at radius 1 is 0.735 bits per heavy atom. The number of rotatable bonds is 14. The van der Waals surface area contributed by atoms with Gasteiger partial charge in [0.2, 0.25) is 0 Å². The molecule has 49 heavy (non-hydrogen) atoms. The van der Waals surface area contributed by atoms with Crippen LogP contribution in [-0.2, 0) is 35.1 Å². The molecule has 0 bridgehead atoms. The molecule has 2 rings (SSSR count). The van der Waals surface area contributed by atoms with Crippen LogP contribution in [0.5, 0.6) is 5.75 Å². The summed E-state index contributed by atoms with van der Waals surface area (Å²) in [6.07, 6.45) is 1.19. The van der Waals surface area contributed by atoms with Gasteiger partial charge in [0.25, 0.3) is 5.91 Å². The third kappa shape index (κ3) is 7.64. The number of halogens is 12. The lowest BCUT2D eigenvalue weighted by atomic mass is 10.0. The number of benzene rings is 1. The lowest BCUT2D eigenvalue weighted by Crippen LogP contribution is -2.61. The first-order chi connectivity index (χ1) is 21.5. The van der Waals surface area contributed by atoms with E-state index < -0.39 is 110 Å². The maximum absolute atomic E-state index is 14.3. The average Bonchev–Trinajstić information content (AvgIpc) is 3.35. The van der Waals surface area contributed by atoms with Crippen molar-refractivity contribution in [2.24, 2.45) is 0 Å². The van der Waals surface area contributed by atoms with Gasteiger partial charge in [0.15, 0.2) is 0 Å². The largest absolute Gasteiger partial charge is 0.456 e. The smallest absolute Gasteiger partial charge is 0.450 e. The van der Waals surface area contributed by atoms with Crippen LogP contribution in [0.4, 0.5) is 52.7 Å². The minimum Gasteiger partial charge on any atom is -0.456 e. The Hall–Kier alpha value is -2.76. The zero-order valence-corrected chi connectivity index (χ0v) is 26.5. The van der Waals surface area contributed by atoms with E-state index in [1.807, 2.05) is 0 Å². The maximum Gasteiger partial charge on any atom is 0.450 e. The van der Waals surface area contributed by atoms with Gasteiger partial charge < -0.3 is 8.92 Å². The lowest BCUT2D eigenvalue weighted by Gasteiger charge is -2.30. The van der Waals surface area contributed by atoms with E-state index in [4.69, 9.17) is 13.8 Å². The van der Waals surface area contributed by atoms with E-state index in [2.05, 4.69) is 4.18 Å². The zero-order chi connectivity index (χ0) is 38.7. The minimum absolute atomic E-state index is 0.0211. The molecule has 1 saturated carbocycles. The molecule has 29 heteroatoms. The second kappa shape index (κ2) is 12.8. The number of hydrogen-bond acceptors (Lipinski definition) is 11. The van der Waals surface area contributed by atoms with Crippen LogP contribution in [0, 0.1) is 0 Å². The van der Waals surface area contributed by atoms with E-state index in [0.717, 1.165) is 0 Å². The van der Waals surface area contributed by atoms with Gasteiger partial charge in [0, 0.05) is 17.5 Å². The zero-order valence-electron chi connectivity index (χ0n) is 23.2. The van der Waals surface area contributed by atoms with E-state index >= 15 is 0 Å². The maximum atomic E-state index is 14.3. The Bertz CT molecular complexity index is 1810. The number of hydrogen-bond donors (Lipinski definition) is 3. The summed E-state index contributed by atoms with van der Waals surface area (Å²) in [6, 6.07) is -0.0925. The molecule has 1 fully saturated rings. The van der Waals surface area contributed by atoms with Crippen LogP contribution < -0.4 is 8.91 Å². The molecule has 1 amide bonds. The fourth-order valence-electron chi connectivity index (χ4n) is 3.64. The summed E-state index contributed by atoms with van der Waals surface area (Å²) < 4.78 is 258. The molecular weight excluding hydrogens is 802 g/mol. The number of carbonyl (C=O) groups is 2. The van der Waals surface area contributed by atoms with E-state index in [0.29, 0.717) is 17.6 Å². The van der Waals surface area contributed by atoms with Crippen LogP contribution >= 0.6 is 11.9 Å². The van der Waals surface area contributed by atoms with Crippen molar-refractivity contribution in [1.82, 2.24) is 4.72 Å². The molecule has 0 aliphatic heterocycles. The topological polar surface area (TPSA) is 208 Å². The first-order valence-electron chi connectivity index (χ1n) is 12.0. The Labute approximate surface area is 270 Å². The van der Waals surface area contributed by atoms with Gasteiger partial charge in [0.05, 0.1) is 5.56 Å². The van der Waals surface area contributed by atoms with E-state index in [1.165, 1.54) is 6.92 Å². The molecule has 0 spiro atoms. The van der Waals surface area contributed by atoms with E-state index in [1.54, 1.807) is 0 Å². The molecule has 1 aliphatic carbocycles. The minimum atomic E-state index is -7.63. The Morgan fingerprint density at radius 2 is 1.16 bits per heavy atom. The van der Waals surface area contributed by atoms with Crippen molar-refractivity contribution in [3.63, 3.8) is 0 Å². The fraction of sp³-hybridized carbons (Fsp3) is 0.600. The summed E-state index contributed by atoms with van der Waals surface area (Å²) in [5.74, 6) is -20.4. The summed E-state index contributed by atoms with van der Waals surface area (Å²) in [6.45, 7) is 1.32. The normalized spacial score (nSPS) is 17.0. The van der Waals surface area contributed by atoms with Gasteiger partial charge in [-0.3, -0.25) is 18.6 Å². The first kappa shape index (κ1) is 42.4. The van der Waals surface area contributed by atoms with Gasteiger partial charge in [0.1, 0.15) is 11.4 Å². The van der Waals surface area contributed by atoms with Crippen molar-refractivity contribution in [3.8, 4) is 5.75 Å². The van der Waals surface area contributed by atoms with Crippen molar-refractivity contribution < 1.29 is 106 Å². The highest BCUT2D eigenvalue weighted by molar-refractivity contribution is 7.99. The third-order valence-corrected chi connectivity index (χ3v) is 10.2. The second-order valence-electron chi connectivity index (χ2n) is 10.0. The summed E-state index contributed by atoms with van der Waals surface area (Å²) in [5, 5.41) is -27.8. The van der Waals surface area contributed by atoms with Crippen LogP contribution in [0.25, 0.3) is 0 Å². The molecule has 3 N–H and O–H groups in total. The molecule has 0 atom stereocenters. The molecule has 0 radical (unpaired) electrons. The molecule has 282 valence electrons. The van der Waals surface area contributed by atoms with Crippen LogP contribution in [0.15, 0.2) is 18.2 Å². The predicted octanol–water partition coefficient (Wildman–Crippen LogP) is 4.68. The number of ether oxygens (including phenoxy) is 1. The molecule has 0 unspecified atom stereocenters. The Morgan fingerprint density at radius 3 is 1.61 bits per heavy atom. The molecule has 1 aliphatic rings.